The normalized spacial score (nSPS) is 18.8. The Morgan fingerprint density at radius 1 is 0.803 bits per heavy atom. The van der Waals surface area contributed by atoms with Crippen molar-refractivity contribution in [3.63, 3.8) is 0 Å². The number of carboxylic acid groups (broad SMARTS) is 2. The number of amides is 2. The lowest BCUT2D eigenvalue weighted by Crippen LogP contribution is -2.43. The van der Waals surface area contributed by atoms with E-state index in [1.807, 2.05) is 60.7 Å². The third kappa shape index (κ3) is 12.2. The first-order valence-electron chi connectivity index (χ1n) is 19.5. The lowest BCUT2D eigenvalue weighted by molar-refractivity contribution is -0.142. The third-order valence-corrected chi connectivity index (χ3v) is 10.7. The SMILES string of the molecule is CC(C)(C)OC(=O)N1C[C@H](O)C[C@H]1C(=O)O.N#Cc1ccc(CBr)cc1.[C-]#[N+]c1ccc(CO[C@@H]2C[C@@H](C(=O)O)N(C(=O)OCC3c4ccccc4-c4ccccc43)C2)cc1. The largest absolute Gasteiger partial charge is 0.480 e. The number of aliphatic carboxylic acids is 2. The second kappa shape index (κ2) is 20.8. The quantitative estimate of drug-likeness (QED) is 0.114. The van der Waals surface area contributed by atoms with E-state index in [1.165, 1.54) is 10.5 Å². The predicted molar refractivity (Wildman–Crippen MR) is 228 cm³/mol. The molecule has 0 unspecified atom stereocenters. The fourth-order valence-electron chi connectivity index (χ4n) is 7.15. The summed E-state index contributed by atoms with van der Waals surface area (Å²) in [6.07, 6.45) is -2.32. The molecule has 0 saturated carbocycles. The molecule has 0 radical (unpaired) electrons. The number of nitriles is 1. The van der Waals surface area contributed by atoms with Crippen molar-refractivity contribution < 1.29 is 48.7 Å². The first-order chi connectivity index (χ1) is 29.1. The molecule has 61 heavy (non-hydrogen) atoms. The summed E-state index contributed by atoms with van der Waals surface area (Å²) in [7, 11) is 0. The van der Waals surface area contributed by atoms with Crippen LogP contribution in [0.5, 0.6) is 0 Å². The molecule has 0 bridgehead atoms. The number of carbonyl (C=O) groups excluding carboxylic acids is 2. The van der Waals surface area contributed by atoms with Gasteiger partial charge in [0.05, 0.1) is 50.1 Å². The van der Waals surface area contributed by atoms with Crippen LogP contribution < -0.4 is 0 Å². The molecule has 7 rings (SSSR count). The average molecular weight is 896 g/mol. The van der Waals surface area contributed by atoms with Gasteiger partial charge in [-0.1, -0.05) is 101 Å². The fraction of sp³-hybridized carbons (Fsp3) is 0.348. The number of ether oxygens (including phenoxy) is 3. The summed E-state index contributed by atoms with van der Waals surface area (Å²) in [6, 6.07) is 30.7. The molecule has 0 aromatic heterocycles. The molecule has 2 amide bonds. The van der Waals surface area contributed by atoms with E-state index < -0.39 is 54.0 Å². The van der Waals surface area contributed by atoms with Crippen LogP contribution in [-0.2, 0) is 35.7 Å². The van der Waals surface area contributed by atoms with Gasteiger partial charge in [0.25, 0.3) is 0 Å². The van der Waals surface area contributed by atoms with E-state index in [4.69, 9.17) is 31.2 Å². The van der Waals surface area contributed by atoms with Crippen LogP contribution in [0.15, 0.2) is 97.1 Å². The van der Waals surface area contributed by atoms with Crippen LogP contribution in [0.2, 0.25) is 0 Å². The van der Waals surface area contributed by atoms with E-state index in [0.717, 1.165) is 38.0 Å². The number of fused-ring (bicyclic) bond motifs is 3. The van der Waals surface area contributed by atoms with Crippen LogP contribution in [0.25, 0.3) is 16.0 Å². The van der Waals surface area contributed by atoms with Gasteiger partial charge < -0.3 is 29.5 Å². The summed E-state index contributed by atoms with van der Waals surface area (Å²) >= 11 is 3.32. The van der Waals surface area contributed by atoms with E-state index in [-0.39, 0.29) is 45.1 Å². The van der Waals surface area contributed by atoms with E-state index in [0.29, 0.717) is 11.3 Å². The topological polar surface area (TPSA) is 191 Å². The number of β-amino-alcohol motifs (C(OH)–C–C–N with tert-alkyl or cyclic N) is 1. The molecule has 14 nitrogen and oxygen atoms in total. The molecule has 3 N–H and O–H groups in total. The standard InChI is InChI=1S/C28H24N2O5.C10H17NO5.C8H6BrN/c1-29-19-12-10-18(11-13-19)16-34-20-14-26(27(31)32)30(15-20)28(33)35-17-25-23-8-4-2-6-21(23)22-7-3-5-9-24(22)25;1-10(2,3)16-9(15)11-5-6(12)4-7(11)8(13)14;9-5-7-1-3-8(6-10)4-2-7/h2-13,20,25-26H,14-17H2,(H,31,32);6-7,12H,4-5H2,1-3H3,(H,13,14);1-4H,5H2/t20-,26+;6-,7+;/m11./s1. The highest BCUT2D eigenvalue weighted by Gasteiger charge is 2.42. The molecule has 318 valence electrons. The Balaban J connectivity index is 0.000000222. The van der Waals surface area contributed by atoms with Gasteiger partial charge in [-0.2, -0.15) is 5.26 Å². The van der Waals surface area contributed by atoms with Crippen molar-refractivity contribution in [1.29, 1.82) is 5.26 Å². The van der Waals surface area contributed by atoms with Gasteiger partial charge in [-0.25, -0.2) is 24.0 Å². The second-order valence-electron chi connectivity index (χ2n) is 15.6. The molecule has 2 fully saturated rings. The molecule has 2 aliphatic heterocycles. The molecular weight excluding hydrogens is 848 g/mol. The van der Waals surface area contributed by atoms with Gasteiger partial charge in [0.15, 0.2) is 5.69 Å². The highest BCUT2D eigenvalue weighted by molar-refractivity contribution is 9.08. The summed E-state index contributed by atoms with van der Waals surface area (Å²) in [5.41, 5.74) is 7.12. The number of likely N-dealkylation sites (tertiary alicyclic amines) is 2. The number of nitrogens with zero attached hydrogens (tertiary/aromatic N) is 4. The maximum Gasteiger partial charge on any atom is 0.411 e. The Hall–Kier alpha value is -6.26. The Kier molecular flexibility index (Phi) is 15.6. The van der Waals surface area contributed by atoms with Crippen molar-refractivity contribution in [3.05, 3.63) is 136 Å². The van der Waals surface area contributed by atoms with E-state index in [2.05, 4.69) is 39.0 Å². The molecule has 2 saturated heterocycles. The molecule has 4 aromatic rings. The summed E-state index contributed by atoms with van der Waals surface area (Å²) in [5.74, 6) is -2.30. The van der Waals surface area contributed by atoms with Crippen LogP contribution >= 0.6 is 15.9 Å². The Bertz CT molecular complexity index is 2220. The van der Waals surface area contributed by atoms with Gasteiger partial charge >= 0.3 is 24.1 Å². The zero-order chi connectivity index (χ0) is 44.3. The highest BCUT2D eigenvalue weighted by Crippen LogP contribution is 2.44. The number of alkyl halides is 1. The smallest absolute Gasteiger partial charge is 0.411 e. The fourth-order valence-corrected chi connectivity index (χ4v) is 7.52. The lowest BCUT2D eigenvalue weighted by atomic mass is 9.98. The molecule has 4 atom stereocenters. The van der Waals surface area contributed by atoms with Gasteiger partial charge in [-0.15, -0.1) is 0 Å². The Morgan fingerprint density at radius 3 is 1.87 bits per heavy atom. The summed E-state index contributed by atoms with van der Waals surface area (Å²) < 4.78 is 16.6. The molecule has 2 heterocycles. The van der Waals surface area contributed by atoms with Gasteiger partial charge in [-0.3, -0.25) is 9.80 Å². The number of benzene rings is 4. The molecule has 4 aromatic carbocycles. The van der Waals surface area contributed by atoms with Gasteiger partial charge in [-0.05, 0) is 66.3 Å². The van der Waals surface area contributed by atoms with Crippen LogP contribution in [-0.4, -0.2) is 98.8 Å². The summed E-state index contributed by atoms with van der Waals surface area (Å²) in [5, 5.41) is 37.2. The number of carboxylic acids is 2. The Morgan fingerprint density at radius 2 is 1.34 bits per heavy atom. The van der Waals surface area contributed by atoms with Crippen LogP contribution in [0.1, 0.15) is 67.3 Å². The van der Waals surface area contributed by atoms with Crippen molar-refractivity contribution in [2.45, 2.75) is 81.4 Å². The minimum atomic E-state index is -1.12. The lowest BCUT2D eigenvalue weighted by Gasteiger charge is -2.26. The van der Waals surface area contributed by atoms with Crippen molar-refractivity contribution in [1.82, 2.24) is 9.80 Å². The van der Waals surface area contributed by atoms with Gasteiger partial charge in [0.1, 0.15) is 24.3 Å². The first kappa shape index (κ1) is 45.8. The van der Waals surface area contributed by atoms with Crippen LogP contribution in [0.4, 0.5) is 15.3 Å². The molecular formula is C46H47BrN4O10. The van der Waals surface area contributed by atoms with Crippen LogP contribution in [0, 0.1) is 17.9 Å². The maximum atomic E-state index is 13.0. The van der Waals surface area contributed by atoms with Crippen molar-refractivity contribution in [2.24, 2.45) is 0 Å². The van der Waals surface area contributed by atoms with Gasteiger partial charge in [0.2, 0.25) is 0 Å². The average Bonchev–Trinajstić information content (AvgIpc) is 3.96. The monoisotopic (exact) mass is 894 g/mol. The van der Waals surface area contributed by atoms with Gasteiger partial charge in [0, 0.05) is 24.1 Å². The third-order valence-electron chi connectivity index (χ3n) is 10.1. The van der Waals surface area contributed by atoms with Crippen molar-refractivity contribution in [2.75, 3.05) is 19.7 Å². The van der Waals surface area contributed by atoms with Crippen molar-refractivity contribution in [3.8, 4) is 17.2 Å². The molecule has 15 heteroatoms. The van der Waals surface area contributed by atoms with Crippen molar-refractivity contribution >= 4 is 45.7 Å². The number of hydrogen-bond donors (Lipinski definition) is 3. The number of aliphatic hydroxyl groups is 1. The highest BCUT2D eigenvalue weighted by atomic mass is 79.9. The minimum Gasteiger partial charge on any atom is -0.480 e. The second-order valence-corrected chi connectivity index (χ2v) is 16.1. The van der Waals surface area contributed by atoms with Crippen LogP contribution in [0.3, 0.4) is 0 Å². The molecule has 0 spiro atoms. The number of carbonyl (C=O) groups is 4. The maximum absolute atomic E-state index is 13.0. The summed E-state index contributed by atoms with van der Waals surface area (Å²) in [6.45, 7) is 12.7. The zero-order valence-electron chi connectivity index (χ0n) is 33.9. The first-order valence-corrected chi connectivity index (χ1v) is 20.6. The predicted octanol–water partition coefficient (Wildman–Crippen LogP) is 8.13. The molecule has 3 aliphatic rings. The Labute approximate surface area is 362 Å². The van der Waals surface area contributed by atoms with E-state index >= 15 is 0 Å². The minimum absolute atomic E-state index is 0.00583. The summed E-state index contributed by atoms with van der Waals surface area (Å²) in [4.78, 5) is 53.0. The van der Waals surface area contributed by atoms with E-state index in [1.54, 1.807) is 45.0 Å². The number of hydrogen-bond acceptors (Lipinski definition) is 9. The zero-order valence-corrected chi connectivity index (χ0v) is 35.5. The van der Waals surface area contributed by atoms with E-state index in [9.17, 15) is 29.4 Å². The number of aliphatic hydroxyl groups excluding tert-OH is 1. The molecule has 1 aliphatic carbocycles. The number of rotatable bonds is 8. The number of halogens is 1.